The van der Waals surface area contributed by atoms with Crippen LogP contribution >= 0.6 is 0 Å². The van der Waals surface area contributed by atoms with Crippen LogP contribution in [-0.4, -0.2) is 50.1 Å². The first-order chi connectivity index (χ1) is 15.1. The predicted molar refractivity (Wildman–Crippen MR) is 122 cm³/mol. The molecule has 0 bridgehead atoms. The summed E-state index contributed by atoms with van der Waals surface area (Å²) in [7, 11) is 1.73. The number of halogens is 1. The largest absolute Gasteiger partial charge is 1.00 e. The van der Waals surface area contributed by atoms with Crippen LogP contribution in [0, 0.1) is 5.92 Å². The Morgan fingerprint density at radius 3 is 2.62 bits per heavy atom. The molecule has 2 unspecified atom stereocenters. The third-order valence-corrected chi connectivity index (χ3v) is 7.82. The minimum Gasteiger partial charge on any atom is -1.00 e. The quantitative estimate of drug-likeness (QED) is 0.688. The summed E-state index contributed by atoms with van der Waals surface area (Å²) in [6.07, 6.45) is 2.07. The molecule has 2 aromatic rings. The molecule has 0 radical (unpaired) electrons. The Labute approximate surface area is 197 Å². The second-order valence-electron chi connectivity index (χ2n) is 9.44. The number of likely N-dealkylation sites (tertiary alicyclic amines) is 1. The van der Waals surface area contributed by atoms with Crippen molar-refractivity contribution < 1.29 is 21.9 Å². The third-order valence-electron chi connectivity index (χ3n) is 7.82. The van der Waals surface area contributed by atoms with E-state index in [1.807, 2.05) is 6.07 Å². The van der Waals surface area contributed by atoms with Gasteiger partial charge in [0.1, 0.15) is 5.75 Å². The fourth-order valence-electron chi connectivity index (χ4n) is 6.19. The maximum atomic E-state index is 13.9. The minimum absolute atomic E-state index is 0. The van der Waals surface area contributed by atoms with Crippen molar-refractivity contribution in [1.29, 1.82) is 0 Å². The standard InChI is InChI=1S/C26H33N3O2.ClH/c1-18-13-20(19-7-4-3-5-8-19)11-12-29(18)25(30)23-15-28-17-26(23)16-27-14-21-22(26)9-6-10-24(21)31-2;/h3-10,18,20,23,27-28H,11-17H2,1-2H3;1H/p-1/t18?,20?,23-,26-;/m0./s1. The number of carbonyl (C=O) groups excluding carboxylic acids is 1. The number of hydrogen-bond donors (Lipinski definition) is 2. The Bertz CT molecular complexity index is 953. The first kappa shape index (κ1) is 23.1. The lowest BCUT2D eigenvalue weighted by atomic mass is 9.68. The zero-order valence-corrected chi connectivity index (χ0v) is 19.7. The van der Waals surface area contributed by atoms with E-state index in [-0.39, 0.29) is 29.8 Å². The zero-order chi connectivity index (χ0) is 21.4. The summed E-state index contributed by atoms with van der Waals surface area (Å²) in [4.78, 5) is 16.1. The maximum absolute atomic E-state index is 13.9. The second kappa shape index (κ2) is 9.42. The fourth-order valence-corrected chi connectivity index (χ4v) is 6.19. The predicted octanol–water partition coefficient (Wildman–Crippen LogP) is 0.0543. The molecule has 3 heterocycles. The lowest BCUT2D eigenvalue weighted by Crippen LogP contribution is -3.00. The first-order valence-corrected chi connectivity index (χ1v) is 11.6. The molecule has 2 fully saturated rings. The van der Waals surface area contributed by atoms with Gasteiger partial charge in [0.05, 0.1) is 13.0 Å². The van der Waals surface area contributed by atoms with E-state index in [1.54, 1.807) is 7.11 Å². The number of methoxy groups -OCH3 is 1. The molecule has 5 nitrogen and oxygen atoms in total. The van der Waals surface area contributed by atoms with E-state index in [2.05, 4.69) is 64.9 Å². The Hall–Kier alpha value is -2.08. The van der Waals surface area contributed by atoms with E-state index >= 15 is 0 Å². The van der Waals surface area contributed by atoms with Crippen LogP contribution in [0.3, 0.4) is 0 Å². The van der Waals surface area contributed by atoms with Gasteiger partial charge in [0.15, 0.2) is 0 Å². The molecule has 2 N–H and O–H groups in total. The van der Waals surface area contributed by atoms with E-state index < -0.39 is 0 Å². The summed E-state index contributed by atoms with van der Waals surface area (Å²) in [5.41, 5.74) is 3.67. The monoisotopic (exact) mass is 454 g/mol. The minimum atomic E-state index is -0.213. The average molecular weight is 455 g/mol. The summed E-state index contributed by atoms with van der Waals surface area (Å²) in [5, 5.41) is 7.14. The van der Waals surface area contributed by atoms with Crippen molar-refractivity contribution in [1.82, 2.24) is 15.5 Å². The number of fused-ring (bicyclic) bond motifs is 2. The molecule has 2 saturated heterocycles. The Kier molecular flexibility index (Phi) is 6.80. The summed E-state index contributed by atoms with van der Waals surface area (Å²) in [6, 6.07) is 17.3. The molecule has 0 aliphatic carbocycles. The smallest absolute Gasteiger partial charge is 0.228 e. The molecule has 1 spiro atoms. The normalized spacial score (nSPS) is 29.3. The maximum Gasteiger partial charge on any atom is 0.228 e. The van der Waals surface area contributed by atoms with Gasteiger partial charge in [0.25, 0.3) is 0 Å². The number of nitrogens with zero attached hydrogens (tertiary/aromatic N) is 1. The first-order valence-electron chi connectivity index (χ1n) is 11.6. The fraction of sp³-hybridized carbons (Fsp3) is 0.500. The lowest BCUT2D eigenvalue weighted by Gasteiger charge is -2.44. The molecule has 3 aliphatic rings. The van der Waals surface area contributed by atoms with Crippen LogP contribution < -0.4 is 27.8 Å². The van der Waals surface area contributed by atoms with Crippen molar-refractivity contribution in [3.8, 4) is 5.75 Å². The highest BCUT2D eigenvalue weighted by atomic mass is 35.5. The summed E-state index contributed by atoms with van der Waals surface area (Å²) in [5.74, 6) is 1.71. The van der Waals surface area contributed by atoms with Crippen LogP contribution in [-0.2, 0) is 16.8 Å². The van der Waals surface area contributed by atoms with Gasteiger partial charge in [0.2, 0.25) is 5.91 Å². The van der Waals surface area contributed by atoms with Crippen molar-refractivity contribution in [3.05, 3.63) is 65.2 Å². The van der Waals surface area contributed by atoms with Crippen molar-refractivity contribution in [2.45, 2.75) is 43.7 Å². The van der Waals surface area contributed by atoms with E-state index in [9.17, 15) is 4.79 Å². The molecule has 3 aliphatic heterocycles. The number of carbonyl (C=O) groups is 1. The molecule has 0 aromatic heterocycles. The number of hydrogen-bond acceptors (Lipinski definition) is 4. The molecule has 2 aromatic carbocycles. The summed E-state index contributed by atoms with van der Waals surface area (Å²) < 4.78 is 5.64. The number of ether oxygens (including phenoxy) is 1. The molecular formula is C26H33ClN3O2-. The number of nitrogens with one attached hydrogen (secondary N) is 2. The lowest BCUT2D eigenvalue weighted by molar-refractivity contribution is -0.140. The Morgan fingerprint density at radius 2 is 1.88 bits per heavy atom. The second-order valence-corrected chi connectivity index (χ2v) is 9.44. The molecule has 172 valence electrons. The zero-order valence-electron chi connectivity index (χ0n) is 18.9. The molecule has 1 amide bonds. The van der Waals surface area contributed by atoms with Gasteiger partial charge in [-0.15, -0.1) is 0 Å². The molecular weight excluding hydrogens is 422 g/mol. The van der Waals surface area contributed by atoms with Crippen molar-refractivity contribution in [2.24, 2.45) is 5.92 Å². The number of rotatable bonds is 3. The highest BCUT2D eigenvalue weighted by molar-refractivity contribution is 5.82. The molecule has 4 atom stereocenters. The highest BCUT2D eigenvalue weighted by Gasteiger charge is 2.52. The van der Waals surface area contributed by atoms with Crippen LogP contribution in [0.2, 0.25) is 0 Å². The third kappa shape index (κ3) is 3.81. The van der Waals surface area contributed by atoms with Gasteiger partial charge in [-0.05, 0) is 42.9 Å². The van der Waals surface area contributed by atoms with Gasteiger partial charge in [-0.2, -0.15) is 0 Å². The van der Waals surface area contributed by atoms with Gasteiger partial charge >= 0.3 is 0 Å². The molecule has 5 rings (SSSR count). The summed E-state index contributed by atoms with van der Waals surface area (Å²) in [6.45, 7) is 6.24. The van der Waals surface area contributed by atoms with Crippen molar-refractivity contribution >= 4 is 5.91 Å². The van der Waals surface area contributed by atoms with E-state index in [0.717, 1.165) is 51.3 Å². The highest BCUT2D eigenvalue weighted by Crippen LogP contribution is 2.43. The van der Waals surface area contributed by atoms with Crippen LogP contribution in [0.15, 0.2) is 48.5 Å². The van der Waals surface area contributed by atoms with E-state index in [1.165, 1.54) is 16.7 Å². The summed E-state index contributed by atoms with van der Waals surface area (Å²) >= 11 is 0. The van der Waals surface area contributed by atoms with Gasteiger partial charge in [-0.25, -0.2) is 0 Å². The number of piperidine rings is 1. The van der Waals surface area contributed by atoms with Crippen LogP contribution in [0.1, 0.15) is 42.4 Å². The molecule has 6 heteroatoms. The van der Waals surface area contributed by atoms with Gasteiger partial charge in [-0.3, -0.25) is 4.79 Å². The van der Waals surface area contributed by atoms with Gasteiger partial charge in [0, 0.05) is 49.7 Å². The van der Waals surface area contributed by atoms with Gasteiger partial charge in [-0.1, -0.05) is 42.5 Å². The Balaban J connectivity index is 0.00000245. The van der Waals surface area contributed by atoms with Crippen molar-refractivity contribution in [2.75, 3.05) is 33.3 Å². The van der Waals surface area contributed by atoms with E-state index in [0.29, 0.717) is 11.8 Å². The van der Waals surface area contributed by atoms with Crippen LogP contribution in [0.5, 0.6) is 5.75 Å². The van der Waals surface area contributed by atoms with Crippen LogP contribution in [0.4, 0.5) is 0 Å². The van der Waals surface area contributed by atoms with Gasteiger partial charge < -0.3 is 32.7 Å². The SMILES string of the molecule is COc1cccc2c1CNC[C@]21CNC[C@H]1C(=O)N1CCC(c2ccccc2)CC1C.[Cl-]. The van der Waals surface area contributed by atoms with Crippen LogP contribution in [0.25, 0.3) is 0 Å². The topological polar surface area (TPSA) is 53.6 Å². The average Bonchev–Trinajstić information content (AvgIpc) is 3.23. The Morgan fingerprint density at radius 1 is 1.09 bits per heavy atom. The van der Waals surface area contributed by atoms with E-state index in [4.69, 9.17) is 4.74 Å². The molecule has 32 heavy (non-hydrogen) atoms. The molecule has 0 saturated carbocycles. The number of amides is 1. The number of benzene rings is 2. The van der Waals surface area contributed by atoms with Crippen molar-refractivity contribution in [3.63, 3.8) is 0 Å².